The van der Waals surface area contributed by atoms with Gasteiger partial charge in [-0.3, -0.25) is 0 Å². The Morgan fingerprint density at radius 3 is 2.57 bits per heavy atom. The third kappa shape index (κ3) is 6.67. The zero-order chi connectivity index (χ0) is 15.9. The second-order valence-electron chi connectivity index (χ2n) is 4.58. The highest BCUT2D eigenvalue weighted by atomic mass is 79.9. The van der Waals surface area contributed by atoms with Crippen LogP contribution in [0.15, 0.2) is 22.7 Å². The summed E-state index contributed by atoms with van der Waals surface area (Å²) in [5.41, 5.74) is 1.56. The van der Waals surface area contributed by atoms with Gasteiger partial charge in [0.2, 0.25) is 0 Å². The molecule has 0 atom stereocenters. The van der Waals surface area contributed by atoms with Crippen molar-refractivity contribution in [3.8, 4) is 0 Å². The maximum Gasteiger partial charge on any atom is 0.405 e. The van der Waals surface area contributed by atoms with Gasteiger partial charge in [-0.1, -0.05) is 6.07 Å². The Morgan fingerprint density at radius 1 is 1.33 bits per heavy atom. The molecule has 0 saturated heterocycles. The van der Waals surface area contributed by atoms with Crippen molar-refractivity contribution in [3.05, 3.63) is 28.2 Å². The van der Waals surface area contributed by atoms with Crippen LogP contribution in [0.3, 0.4) is 0 Å². The van der Waals surface area contributed by atoms with Crippen LogP contribution in [0.1, 0.15) is 12.5 Å². The van der Waals surface area contributed by atoms with E-state index in [1.165, 1.54) is 4.90 Å². The summed E-state index contributed by atoms with van der Waals surface area (Å²) >= 11 is 3.36. The highest BCUT2D eigenvalue weighted by molar-refractivity contribution is 9.10. The predicted molar refractivity (Wildman–Crippen MR) is 81.7 cm³/mol. The lowest BCUT2D eigenvalue weighted by Crippen LogP contribution is -2.34. The van der Waals surface area contributed by atoms with Crippen LogP contribution in [0.2, 0.25) is 0 Å². The Bertz CT molecular complexity index is 441. The molecule has 0 bridgehead atoms. The molecular weight excluding hydrogens is 349 g/mol. The van der Waals surface area contributed by atoms with E-state index >= 15 is 0 Å². The number of alkyl halides is 3. The Morgan fingerprint density at radius 2 is 2.05 bits per heavy atom. The summed E-state index contributed by atoms with van der Waals surface area (Å²) < 4.78 is 43.2. The van der Waals surface area contributed by atoms with Crippen molar-refractivity contribution in [1.29, 1.82) is 0 Å². The molecule has 0 heterocycles. The number of nitrogens with zero attached hydrogens (tertiary/aromatic N) is 1. The molecule has 0 spiro atoms. The summed E-state index contributed by atoms with van der Waals surface area (Å²) in [6.45, 7) is 3.04. The van der Waals surface area contributed by atoms with Gasteiger partial charge in [0, 0.05) is 31.2 Å². The molecule has 0 fully saturated rings. The van der Waals surface area contributed by atoms with E-state index in [1.807, 2.05) is 12.1 Å². The average molecular weight is 369 g/mol. The Kier molecular flexibility index (Phi) is 7.48. The Balaban J connectivity index is 2.72. The first-order chi connectivity index (χ1) is 9.87. The zero-order valence-electron chi connectivity index (χ0n) is 12.1. The molecule has 1 aromatic rings. The van der Waals surface area contributed by atoms with Crippen LogP contribution in [0.4, 0.5) is 18.9 Å². The number of methoxy groups -OCH3 is 1. The van der Waals surface area contributed by atoms with Crippen LogP contribution in [0.25, 0.3) is 0 Å². The number of hydrogen-bond acceptors (Lipinski definition) is 3. The van der Waals surface area contributed by atoms with Crippen LogP contribution in [0.5, 0.6) is 0 Å². The van der Waals surface area contributed by atoms with E-state index in [1.54, 1.807) is 20.1 Å². The summed E-state index contributed by atoms with van der Waals surface area (Å²) in [6.07, 6.45) is -4.21. The molecule has 0 amide bonds. The third-order valence-electron chi connectivity index (χ3n) is 2.92. The van der Waals surface area contributed by atoms with Gasteiger partial charge in [0.1, 0.15) is 6.54 Å². The van der Waals surface area contributed by atoms with E-state index in [0.717, 1.165) is 12.1 Å². The minimum absolute atomic E-state index is 0.295. The smallest absolute Gasteiger partial charge is 0.383 e. The van der Waals surface area contributed by atoms with E-state index < -0.39 is 12.7 Å². The average Bonchev–Trinajstić information content (AvgIpc) is 2.40. The molecule has 3 nitrogen and oxygen atoms in total. The lowest BCUT2D eigenvalue weighted by atomic mass is 10.2. The molecule has 7 heteroatoms. The summed E-state index contributed by atoms with van der Waals surface area (Å²) in [5.74, 6) is 0. The van der Waals surface area contributed by atoms with Gasteiger partial charge in [0.25, 0.3) is 0 Å². The molecule has 0 aliphatic carbocycles. The SMILES string of the molecule is CCN(CC(F)(F)F)c1ccc(CNCCOC)cc1Br. The maximum absolute atomic E-state index is 12.5. The lowest BCUT2D eigenvalue weighted by Gasteiger charge is -2.25. The molecule has 0 aliphatic rings. The zero-order valence-corrected chi connectivity index (χ0v) is 13.7. The van der Waals surface area contributed by atoms with Crippen LogP contribution in [-0.2, 0) is 11.3 Å². The number of hydrogen-bond donors (Lipinski definition) is 1. The van der Waals surface area contributed by atoms with Gasteiger partial charge in [0.05, 0.1) is 12.3 Å². The molecule has 0 saturated carbocycles. The summed E-state index contributed by atoms with van der Waals surface area (Å²) in [7, 11) is 1.63. The molecule has 0 aliphatic heterocycles. The minimum Gasteiger partial charge on any atom is -0.383 e. The monoisotopic (exact) mass is 368 g/mol. The summed E-state index contributed by atoms with van der Waals surface area (Å²) in [4.78, 5) is 1.30. The van der Waals surface area contributed by atoms with Gasteiger partial charge >= 0.3 is 6.18 Å². The molecule has 1 aromatic carbocycles. The van der Waals surface area contributed by atoms with Crippen LogP contribution < -0.4 is 10.2 Å². The minimum atomic E-state index is -4.21. The van der Waals surface area contributed by atoms with Gasteiger partial charge < -0.3 is 15.0 Å². The van der Waals surface area contributed by atoms with E-state index in [9.17, 15) is 13.2 Å². The molecule has 0 radical (unpaired) electrons. The fourth-order valence-corrected chi connectivity index (χ4v) is 2.58. The quantitative estimate of drug-likeness (QED) is 0.709. The molecule has 0 unspecified atom stereocenters. The van der Waals surface area contributed by atoms with Crippen molar-refractivity contribution in [2.24, 2.45) is 0 Å². The number of rotatable bonds is 8. The number of nitrogens with one attached hydrogen (secondary N) is 1. The van der Waals surface area contributed by atoms with Gasteiger partial charge in [-0.15, -0.1) is 0 Å². The second-order valence-corrected chi connectivity index (χ2v) is 5.44. The second kappa shape index (κ2) is 8.60. The Labute approximate surface area is 131 Å². The van der Waals surface area contributed by atoms with E-state index in [2.05, 4.69) is 21.2 Å². The number of ether oxygens (including phenoxy) is 1. The number of halogens is 4. The highest BCUT2D eigenvalue weighted by Gasteiger charge is 2.30. The van der Waals surface area contributed by atoms with Crippen LogP contribution in [-0.4, -0.2) is 39.5 Å². The topological polar surface area (TPSA) is 24.5 Å². The Hall–Kier alpha value is -0.790. The first-order valence-corrected chi connectivity index (χ1v) is 7.46. The van der Waals surface area contributed by atoms with Crippen molar-refractivity contribution in [2.75, 3.05) is 38.3 Å². The summed E-state index contributed by atoms with van der Waals surface area (Å²) in [5, 5.41) is 3.19. The van der Waals surface area contributed by atoms with Crippen molar-refractivity contribution < 1.29 is 17.9 Å². The fourth-order valence-electron chi connectivity index (χ4n) is 1.91. The first-order valence-electron chi connectivity index (χ1n) is 6.67. The molecular formula is C14H20BrF3N2O. The predicted octanol–water partition coefficient (Wildman–Crippen LogP) is 3.57. The van der Waals surface area contributed by atoms with Crippen LogP contribution in [0, 0.1) is 0 Å². The van der Waals surface area contributed by atoms with Gasteiger partial charge in [-0.2, -0.15) is 13.2 Å². The standard InChI is InChI=1S/C14H20BrF3N2O/c1-3-20(10-14(16,17)18)13-5-4-11(8-12(13)15)9-19-6-7-21-2/h4-5,8,19H,3,6-7,9-10H2,1-2H3. The van der Waals surface area contributed by atoms with Gasteiger partial charge in [0.15, 0.2) is 0 Å². The molecule has 1 N–H and O–H groups in total. The van der Waals surface area contributed by atoms with Crippen molar-refractivity contribution >= 4 is 21.6 Å². The fraction of sp³-hybridized carbons (Fsp3) is 0.571. The third-order valence-corrected chi connectivity index (χ3v) is 3.55. The highest BCUT2D eigenvalue weighted by Crippen LogP contribution is 2.29. The van der Waals surface area contributed by atoms with Crippen molar-refractivity contribution in [1.82, 2.24) is 5.32 Å². The van der Waals surface area contributed by atoms with E-state index in [4.69, 9.17) is 4.74 Å². The van der Waals surface area contributed by atoms with Crippen molar-refractivity contribution in [2.45, 2.75) is 19.6 Å². The van der Waals surface area contributed by atoms with Gasteiger partial charge in [-0.05, 0) is 40.5 Å². The number of anilines is 1. The largest absolute Gasteiger partial charge is 0.405 e. The lowest BCUT2D eigenvalue weighted by molar-refractivity contribution is -0.119. The normalized spacial score (nSPS) is 11.7. The molecule has 1 rings (SSSR count). The molecule has 21 heavy (non-hydrogen) atoms. The number of benzene rings is 1. The van der Waals surface area contributed by atoms with Crippen molar-refractivity contribution in [3.63, 3.8) is 0 Å². The van der Waals surface area contributed by atoms with Crippen LogP contribution >= 0.6 is 15.9 Å². The molecule has 0 aromatic heterocycles. The summed E-state index contributed by atoms with van der Waals surface area (Å²) in [6, 6.07) is 5.39. The van der Waals surface area contributed by atoms with E-state index in [-0.39, 0.29) is 0 Å². The first kappa shape index (κ1) is 18.3. The van der Waals surface area contributed by atoms with E-state index in [0.29, 0.717) is 29.9 Å². The van der Waals surface area contributed by atoms with Gasteiger partial charge in [-0.25, -0.2) is 0 Å². The maximum atomic E-state index is 12.5. The molecule has 120 valence electrons.